The lowest BCUT2D eigenvalue weighted by atomic mass is 9.58. The molecule has 5 rings (SSSR count). The average Bonchev–Trinajstić information content (AvgIpc) is 3.40. The highest BCUT2D eigenvalue weighted by molar-refractivity contribution is 5.89. The molecule has 0 saturated heterocycles. The molecule has 0 heterocycles. The third-order valence-corrected chi connectivity index (χ3v) is 8.68. The fourth-order valence-corrected chi connectivity index (χ4v) is 7.08. The van der Waals surface area contributed by atoms with E-state index < -0.39 is 0 Å². The van der Waals surface area contributed by atoms with E-state index in [9.17, 15) is 15.0 Å². The van der Waals surface area contributed by atoms with Crippen LogP contribution in [0.4, 0.5) is 0 Å². The molecular formula is C24H32O3. The normalized spacial score (nSPS) is 38.0. The summed E-state index contributed by atoms with van der Waals surface area (Å²) in [6.45, 7) is 6.60. The first-order valence-electron chi connectivity index (χ1n) is 10.9. The monoisotopic (exact) mass is 368 g/mol. The zero-order valence-electron chi connectivity index (χ0n) is 16.8. The summed E-state index contributed by atoms with van der Waals surface area (Å²) in [6, 6.07) is 3.71. The third kappa shape index (κ3) is 2.17. The van der Waals surface area contributed by atoms with Gasteiger partial charge in [-0.15, -0.1) is 0 Å². The van der Waals surface area contributed by atoms with Crippen LogP contribution >= 0.6 is 0 Å². The minimum Gasteiger partial charge on any atom is -0.508 e. The molecule has 1 aromatic rings. The van der Waals surface area contributed by atoms with E-state index in [0.29, 0.717) is 40.9 Å². The standard InChI is InChI=1S/C24H32O3/c1-4-5-6-7-8-23(2,3)13-9-18(26)20(19(27)10-13)14-11-17(25)15-12-16-22-21(14)24(15,16)22/h9-10,14-16,21-22,26-27H,4-8,11-12H2,1-3H3. The van der Waals surface area contributed by atoms with Gasteiger partial charge in [-0.05, 0) is 59.1 Å². The fraction of sp³-hybridized carbons (Fsp3) is 0.708. The summed E-state index contributed by atoms with van der Waals surface area (Å²) in [5.41, 5.74) is 1.87. The molecule has 3 nitrogen and oxygen atoms in total. The molecular weight excluding hydrogens is 336 g/mol. The number of Topliss-reactive ketones (excluding diaryl/α,β-unsaturated/α-hetero) is 1. The van der Waals surface area contributed by atoms with Crippen molar-refractivity contribution in [3.63, 3.8) is 0 Å². The van der Waals surface area contributed by atoms with E-state index in [2.05, 4.69) is 20.8 Å². The highest BCUT2D eigenvalue weighted by Crippen LogP contribution is 2.99. The molecule has 4 fully saturated rings. The summed E-state index contributed by atoms with van der Waals surface area (Å²) >= 11 is 0. The van der Waals surface area contributed by atoms with Crippen molar-refractivity contribution in [3.8, 4) is 11.5 Å². The molecule has 0 aromatic heterocycles. The van der Waals surface area contributed by atoms with E-state index in [1.54, 1.807) is 0 Å². The summed E-state index contributed by atoms with van der Waals surface area (Å²) in [7, 11) is 0. The van der Waals surface area contributed by atoms with Gasteiger partial charge in [0.25, 0.3) is 0 Å². The van der Waals surface area contributed by atoms with Gasteiger partial charge < -0.3 is 10.2 Å². The Kier molecular flexibility index (Phi) is 3.59. The number of carbonyl (C=O) groups is 1. The fourth-order valence-electron chi connectivity index (χ4n) is 7.08. The van der Waals surface area contributed by atoms with Crippen molar-refractivity contribution < 1.29 is 15.0 Å². The van der Waals surface area contributed by atoms with Gasteiger partial charge in [0.15, 0.2) is 0 Å². The highest BCUT2D eigenvalue weighted by atomic mass is 16.3. The Morgan fingerprint density at radius 1 is 1.11 bits per heavy atom. The molecule has 6 atom stereocenters. The molecule has 1 spiro atoms. The van der Waals surface area contributed by atoms with E-state index in [1.807, 2.05) is 12.1 Å². The number of unbranched alkanes of at least 4 members (excludes halogenated alkanes) is 3. The maximum atomic E-state index is 12.5. The van der Waals surface area contributed by atoms with Crippen LogP contribution in [0.25, 0.3) is 0 Å². The molecule has 146 valence electrons. The second-order valence-corrected chi connectivity index (χ2v) is 10.3. The Morgan fingerprint density at radius 2 is 1.81 bits per heavy atom. The Morgan fingerprint density at radius 3 is 2.44 bits per heavy atom. The molecule has 0 aliphatic heterocycles. The topological polar surface area (TPSA) is 57.5 Å². The van der Waals surface area contributed by atoms with Crippen LogP contribution in [0.3, 0.4) is 0 Å². The number of hydrogen-bond acceptors (Lipinski definition) is 3. The van der Waals surface area contributed by atoms with Crippen LogP contribution in [-0.4, -0.2) is 16.0 Å². The first-order chi connectivity index (χ1) is 12.8. The Balaban J connectivity index is 1.37. The van der Waals surface area contributed by atoms with Crippen LogP contribution in [0.1, 0.15) is 82.8 Å². The van der Waals surface area contributed by atoms with Crippen molar-refractivity contribution in [2.45, 2.75) is 77.0 Å². The van der Waals surface area contributed by atoms with Crippen LogP contribution in [0.2, 0.25) is 0 Å². The van der Waals surface area contributed by atoms with Gasteiger partial charge in [-0.3, -0.25) is 4.79 Å². The SMILES string of the molecule is CCCCCCC(C)(C)c1cc(O)c(C2CC(=O)C3CC4C5C2C345)c(O)c1. The number of phenolic OH excluding ortho intramolecular Hbond substituents is 2. The van der Waals surface area contributed by atoms with Crippen LogP contribution in [0, 0.1) is 29.1 Å². The van der Waals surface area contributed by atoms with Gasteiger partial charge in [-0.1, -0.05) is 46.5 Å². The van der Waals surface area contributed by atoms with E-state index in [1.165, 1.54) is 19.3 Å². The Bertz CT molecular complexity index is 787. The molecule has 27 heavy (non-hydrogen) atoms. The molecule has 0 bridgehead atoms. The van der Waals surface area contributed by atoms with Gasteiger partial charge in [-0.25, -0.2) is 0 Å². The quantitative estimate of drug-likeness (QED) is 0.643. The summed E-state index contributed by atoms with van der Waals surface area (Å²) in [5, 5.41) is 21.6. The number of ketones is 1. The summed E-state index contributed by atoms with van der Waals surface area (Å²) in [4.78, 5) is 12.5. The number of carbonyl (C=O) groups excluding carboxylic acids is 1. The van der Waals surface area contributed by atoms with E-state index in [-0.39, 0.29) is 22.8 Å². The zero-order chi connectivity index (χ0) is 19.1. The second-order valence-electron chi connectivity index (χ2n) is 10.3. The first kappa shape index (κ1) is 17.6. The first-order valence-corrected chi connectivity index (χ1v) is 10.9. The minimum absolute atomic E-state index is 0.0250. The highest BCUT2D eigenvalue weighted by Gasteiger charge is 2.96. The summed E-state index contributed by atoms with van der Waals surface area (Å²) < 4.78 is 0. The summed E-state index contributed by atoms with van der Waals surface area (Å²) in [6.07, 6.45) is 7.53. The lowest BCUT2D eigenvalue weighted by molar-refractivity contribution is -0.133. The van der Waals surface area contributed by atoms with E-state index in [0.717, 1.165) is 30.7 Å². The van der Waals surface area contributed by atoms with Crippen molar-refractivity contribution in [2.24, 2.45) is 29.1 Å². The summed E-state index contributed by atoms with van der Waals surface area (Å²) in [5.74, 6) is 3.10. The molecule has 0 radical (unpaired) electrons. The average molecular weight is 369 g/mol. The van der Waals surface area contributed by atoms with Crippen molar-refractivity contribution >= 4 is 5.78 Å². The van der Waals surface area contributed by atoms with Crippen molar-refractivity contribution in [2.75, 3.05) is 0 Å². The van der Waals surface area contributed by atoms with Crippen LogP contribution in [0.15, 0.2) is 12.1 Å². The van der Waals surface area contributed by atoms with Gasteiger partial charge in [0.05, 0.1) is 0 Å². The minimum atomic E-state index is -0.0752. The number of fused-ring (bicyclic) bond motifs is 2. The van der Waals surface area contributed by atoms with Crippen LogP contribution < -0.4 is 0 Å². The van der Waals surface area contributed by atoms with Gasteiger partial charge in [-0.2, -0.15) is 0 Å². The molecule has 3 heteroatoms. The molecule has 2 N–H and O–H groups in total. The number of aromatic hydroxyl groups is 2. The maximum Gasteiger partial charge on any atom is 0.137 e. The molecule has 1 aromatic carbocycles. The van der Waals surface area contributed by atoms with Crippen LogP contribution in [-0.2, 0) is 10.2 Å². The molecule has 4 aliphatic rings. The smallest absolute Gasteiger partial charge is 0.137 e. The second kappa shape index (κ2) is 5.52. The number of phenols is 2. The molecule has 4 saturated carbocycles. The lowest BCUT2D eigenvalue weighted by Gasteiger charge is -2.44. The van der Waals surface area contributed by atoms with Gasteiger partial charge in [0.2, 0.25) is 0 Å². The van der Waals surface area contributed by atoms with Crippen LogP contribution in [0.5, 0.6) is 11.5 Å². The third-order valence-electron chi connectivity index (χ3n) is 8.68. The number of rotatable bonds is 7. The molecule has 0 amide bonds. The van der Waals surface area contributed by atoms with Gasteiger partial charge in [0.1, 0.15) is 17.3 Å². The van der Waals surface area contributed by atoms with E-state index >= 15 is 0 Å². The molecule has 6 unspecified atom stereocenters. The van der Waals surface area contributed by atoms with E-state index in [4.69, 9.17) is 0 Å². The van der Waals surface area contributed by atoms with Gasteiger partial charge >= 0.3 is 0 Å². The lowest BCUT2D eigenvalue weighted by Crippen LogP contribution is -2.43. The van der Waals surface area contributed by atoms with Crippen molar-refractivity contribution in [3.05, 3.63) is 23.3 Å². The Hall–Kier alpha value is -1.51. The molecule has 4 aliphatic carbocycles. The zero-order valence-corrected chi connectivity index (χ0v) is 16.8. The number of hydrogen-bond donors (Lipinski definition) is 2. The largest absolute Gasteiger partial charge is 0.508 e. The van der Waals surface area contributed by atoms with Gasteiger partial charge in [0, 0.05) is 23.8 Å². The predicted octanol–water partition coefficient (Wildman–Crippen LogP) is 5.28. The Labute approximate surface area is 162 Å². The number of benzene rings is 1. The predicted molar refractivity (Wildman–Crippen MR) is 105 cm³/mol. The van der Waals surface area contributed by atoms with Crippen molar-refractivity contribution in [1.82, 2.24) is 0 Å². The maximum absolute atomic E-state index is 12.5. The van der Waals surface area contributed by atoms with Crippen molar-refractivity contribution in [1.29, 1.82) is 0 Å².